The molecule has 2 heteroatoms. The molecule has 0 aromatic heterocycles. The summed E-state index contributed by atoms with van der Waals surface area (Å²) in [7, 11) is 0. The van der Waals surface area contributed by atoms with E-state index in [1.54, 1.807) is 0 Å². The molecule has 6 aromatic carbocycles. The largest absolute Gasteiger partial charge is 0.0831 e. The fourth-order valence-electron chi connectivity index (χ4n) is 6.55. The Balaban J connectivity index is 1.81. The van der Waals surface area contributed by atoms with E-state index in [0.717, 1.165) is 9.50 Å². The topological polar surface area (TPSA) is 0 Å². The average molecular weight is 524 g/mol. The highest BCUT2D eigenvalue weighted by molar-refractivity contribution is 9.10. The lowest BCUT2D eigenvalue weighted by Crippen LogP contribution is -2.02. The van der Waals surface area contributed by atoms with E-state index in [1.165, 1.54) is 76.5 Å². The van der Waals surface area contributed by atoms with E-state index in [9.17, 15) is 0 Å². The molecule has 0 spiro atoms. The van der Waals surface area contributed by atoms with Crippen molar-refractivity contribution in [3.63, 3.8) is 0 Å². The highest BCUT2D eigenvalue weighted by Crippen LogP contribution is 2.58. The fourth-order valence-corrected chi connectivity index (χ4v) is 7.05. The Morgan fingerprint density at radius 3 is 1.91 bits per heavy atom. The van der Waals surface area contributed by atoms with Gasteiger partial charge in [-0.1, -0.05) is 81.8 Å². The number of hydrogen-bond donors (Lipinski definition) is 0. The highest BCUT2D eigenvalue weighted by atomic mass is 79.9. The first-order valence-corrected chi connectivity index (χ1v) is 13.2. The van der Waals surface area contributed by atoms with Crippen LogP contribution in [0.1, 0.15) is 50.7 Å². The van der Waals surface area contributed by atoms with Gasteiger partial charge in [0, 0.05) is 4.47 Å². The molecule has 0 nitrogen and oxygen atoms in total. The van der Waals surface area contributed by atoms with E-state index in [-0.39, 0.29) is 0 Å². The van der Waals surface area contributed by atoms with Gasteiger partial charge >= 0.3 is 0 Å². The molecule has 0 aliphatic heterocycles. The van der Waals surface area contributed by atoms with E-state index in [1.807, 2.05) is 0 Å². The molecule has 0 heterocycles. The van der Waals surface area contributed by atoms with Crippen molar-refractivity contribution in [1.82, 2.24) is 0 Å². The summed E-state index contributed by atoms with van der Waals surface area (Å²) in [5, 5.41) is 11.6. The highest BCUT2D eigenvalue weighted by Gasteiger charge is 2.32. The van der Waals surface area contributed by atoms with Crippen molar-refractivity contribution in [3.8, 4) is 22.3 Å². The van der Waals surface area contributed by atoms with Gasteiger partial charge in [-0.3, -0.25) is 0 Å². The zero-order chi connectivity index (χ0) is 23.5. The van der Waals surface area contributed by atoms with Gasteiger partial charge in [0.25, 0.3) is 0 Å². The van der Waals surface area contributed by atoms with Gasteiger partial charge in [-0.2, -0.15) is 0 Å². The summed E-state index contributed by atoms with van der Waals surface area (Å²) in [5.41, 5.74) is 8.44. The molecule has 0 fully saturated rings. The molecular weight excluding hydrogens is 500 g/mol. The molecule has 0 bridgehead atoms. The van der Waals surface area contributed by atoms with Crippen LogP contribution in [0.4, 0.5) is 0 Å². The van der Waals surface area contributed by atoms with Gasteiger partial charge in [-0.05, 0) is 122 Å². The standard InChI is InChI=1S/C32H24BrCl/c1-15(2)26-21-13-24(33)25(34)14-22(21)27(16(3)4)31-20-11-10-18-9-8-17-6-5-7-19-12-23(32(26)31)30(20)29(18)28(17)19/h5-16H,1-4H3. The van der Waals surface area contributed by atoms with Gasteiger partial charge in [0.15, 0.2) is 0 Å². The maximum absolute atomic E-state index is 6.68. The van der Waals surface area contributed by atoms with Crippen molar-refractivity contribution in [2.24, 2.45) is 0 Å². The van der Waals surface area contributed by atoms with Crippen LogP contribution in [0.3, 0.4) is 0 Å². The van der Waals surface area contributed by atoms with Gasteiger partial charge in [-0.25, -0.2) is 0 Å². The Morgan fingerprint density at radius 2 is 1.21 bits per heavy atom. The van der Waals surface area contributed by atoms with Crippen molar-refractivity contribution in [3.05, 3.63) is 81.3 Å². The second-order valence-electron chi connectivity index (χ2n) is 10.4. The second-order valence-corrected chi connectivity index (χ2v) is 11.6. The summed E-state index contributed by atoms with van der Waals surface area (Å²) in [5.74, 6) is 0.751. The number of halogens is 2. The molecule has 1 aliphatic rings. The maximum atomic E-state index is 6.68. The third-order valence-electron chi connectivity index (χ3n) is 7.75. The summed E-state index contributed by atoms with van der Waals surface area (Å²) in [6, 6.07) is 22.8. The van der Waals surface area contributed by atoms with Crippen LogP contribution in [0.15, 0.2) is 65.1 Å². The van der Waals surface area contributed by atoms with Crippen LogP contribution in [0, 0.1) is 0 Å². The summed E-state index contributed by atoms with van der Waals surface area (Å²) in [6.45, 7) is 9.27. The van der Waals surface area contributed by atoms with Gasteiger partial charge in [0.2, 0.25) is 0 Å². The zero-order valence-electron chi connectivity index (χ0n) is 19.7. The quantitative estimate of drug-likeness (QED) is 0.198. The predicted octanol–water partition coefficient (Wildman–Crippen LogP) is 11.0. The minimum Gasteiger partial charge on any atom is -0.0831 e. The fraction of sp³-hybridized carbons (Fsp3) is 0.188. The van der Waals surface area contributed by atoms with Crippen LogP contribution < -0.4 is 0 Å². The predicted molar refractivity (Wildman–Crippen MR) is 153 cm³/mol. The Hall–Kier alpha value is -2.61. The van der Waals surface area contributed by atoms with Crippen LogP contribution in [0.5, 0.6) is 0 Å². The minimum atomic E-state index is 0.372. The number of rotatable bonds is 2. The summed E-state index contributed by atoms with van der Waals surface area (Å²) in [4.78, 5) is 0. The van der Waals surface area contributed by atoms with Crippen LogP contribution in [0.2, 0.25) is 5.02 Å². The van der Waals surface area contributed by atoms with E-state index in [4.69, 9.17) is 11.6 Å². The van der Waals surface area contributed by atoms with E-state index in [2.05, 4.69) is 104 Å². The lowest BCUT2D eigenvalue weighted by Gasteiger charge is -2.24. The third kappa shape index (κ3) is 2.50. The number of fused-ring (bicyclic) bond motifs is 4. The summed E-state index contributed by atoms with van der Waals surface area (Å²) < 4.78 is 0.962. The molecule has 6 aromatic rings. The number of benzene rings is 6. The van der Waals surface area contributed by atoms with Crippen molar-refractivity contribution in [1.29, 1.82) is 0 Å². The SMILES string of the molecule is CC(C)c1c2c(c(C(C)C)c3cc(Br)c(Cl)cc13)-c1cc3cccc4ccc5ccc-2c1c5c43. The molecule has 166 valence electrons. The molecule has 34 heavy (non-hydrogen) atoms. The molecule has 0 amide bonds. The van der Waals surface area contributed by atoms with Gasteiger partial charge in [-0.15, -0.1) is 0 Å². The normalized spacial score (nSPS) is 12.9. The number of hydrogen-bond acceptors (Lipinski definition) is 0. The summed E-state index contributed by atoms with van der Waals surface area (Å²) >= 11 is 10.4. The third-order valence-corrected chi connectivity index (χ3v) is 8.95. The van der Waals surface area contributed by atoms with Crippen molar-refractivity contribution in [2.75, 3.05) is 0 Å². The molecule has 7 rings (SSSR count). The lowest BCUT2D eigenvalue weighted by molar-refractivity contribution is 0.864. The monoisotopic (exact) mass is 522 g/mol. The zero-order valence-corrected chi connectivity index (χ0v) is 22.0. The molecule has 0 unspecified atom stereocenters. The Morgan fingerprint density at radius 1 is 0.618 bits per heavy atom. The Bertz CT molecular complexity index is 1820. The first-order chi connectivity index (χ1) is 16.4. The van der Waals surface area contributed by atoms with Crippen LogP contribution in [-0.4, -0.2) is 0 Å². The van der Waals surface area contributed by atoms with E-state index < -0.39 is 0 Å². The van der Waals surface area contributed by atoms with Crippen molar-refractivity contribution < 1.29 is 0 Å². The van der Waals surface area contributed by atoms with Crippen molar-refractivity contribution >= 4 is 70.6 Å². The summed E-state index contributed by atoms with van der Waals surface area (Å²) in [6.07, 6.45) is 0. The van der Waals surface area contributed by atoms with Crippen LogP contribution in [-0.2, 0) is 0 Å². The Labute approximate surface area is 213 Å². The smallest absolute Gasteiger partial charge is 0.0554 e. The lowest BCUT2D eigenvalue weighted by atomic mass is 9.80. The maximum Gasteiger partial charge on any atom is 0.0554 e. The Kier molecular flexibility index (Phi) is 4.25. The van der Waals surface area contributed by atoms with Gasteiger partial charge in [0.05, 0.1) is 5.02 Å². The first kappa shape index (κ1) is 20.7. The molecular formula is C32H24BrCl. The minimum absolute atomic E-state index is 0.372. The molecule has 0 radical (unpaired) electrons. The molecule has 0 atom stereocenters. The van der Waals surface area contributed by atoms with E-state index >= 15 is 0 Å². The van der Waals surface area contributed by atoms with E-state index in [0.29, 0.717) is 11.8 Å². The van der Waals surface area contributed by atoms with Crippen molar-refractivity contribution in [2.45, 2.75) is 39.5 Å². The van der Waals surface area contributed by atoms with Crippen LogP contribution >= 0.6 is 27.5 Å². The first-order valence-electron chi connectivity index (χ1n) is 12.1. The molecule has 0 saturated heterocycles. The van der Waals surface area contributed by atoms with Gasteiger partial charge in [0.1, 0.15) is 0 Å². The molecule has 0 N–H and O–H groups in total. The second kappa shape index (κ2) is 6.97. The average Bonchev–Trinajstić information content (AvgIpc) is 3.12. The molecule has 0 saturated carbocycles. The van der Waals surface area contributed by atoms with Crippen LogP contribution in [0.25, 0.3) is 65.3 Å². The molecule has 1 aliphatic carbocycles. The van der Waals surface area contributed by atoms with Gasteiger partial charge < -0.3 is 0 Å².